The van der Waals surface area contributed by atoms with Gasteiger partial charge in [0.05, 0.1) is 12.2 Å². The fraction of sp³-hybridized carbons (Fsp3) is 0.208. The lowest BCUT2D eigenvalue weighted by molar-refractivity contribution is 0.0497. The Hall–Kier alpha value is -2.91. The minimum Gasteiger partial charge on any atom is -0.462 e. The van der Waals surface area contributed by atoms with E-state index in [1.165, 1.54) is 5.56 Å². The van der Waals surface area contributed by atoms with Crippen LogP contribution in [-0.4, -0.2) is 24.3 Å². The molecule has 138 valence electrons. The lowest BCUT2D eigenvalue weighted by atomic mass is 9.94. The van der Waals surface area contributed by atoms with E-state index in [9.17, 15) is 4.79 Å². The largest absolute Gasteiger partial charge is 0.462 e. The normalized spacial score (nSPS) is 10.6. The Bertz CT molecular complexity index is 854. The fourth-order valence-corrected chi connectivity index (χ4v) is 3.03. The van der Waals surface area contributed by atoms with E-state index < -0.39 is 0 Å². The highest BCUT2D eigenvalue weighted by atomic mass is 16.5. The van der Waals surface area contributed by atoms with Crippen molar-refractivity contribution < 1.29 is 14.6 Å². The molecular formula is C24H24O3. The van der Waals surface area contributed by atoms with Crippen LogP contribution in [0.15, 0.2) is 78.9 Å². The highest BCUT2D eigenvalue weighted by Crippen LogP contribution is 2.31. The van der Waals surface area contributed by atoms with Gasteiger partial charge >= 0.3 is 5.97 Å². The first kappa shape index (κ1) is 18.9. The molecule has 0 radical (unpaired) electrons. The Morgan fingerprint density at radius 2 is 1.30 bits per heavy atom. The molecule has 0 heterocycles. The Balaban J connectivity index is 1.72. The zero-order valence-electron chi connectivity index (χ0n) is 15.3. The summed E-state index contributed by atoms with van der Waals surface area (Å²) in [5.41, 5.74) is 5.08. The Kier molecular flexibility index (Phi) is 6.78. The monoisotopic (exact) mass is 360 g/mol. The summed E-state index contributed by atoms with van der Waals surface area (Å²) in [6, 6.07) is 26.1. The standard InChI is InChI=1S/C24H24O3/c25-17-7-2-8-18-27-24(26)21-15-13-20(14-16-21)23-12-6-5-11-22(23)19-9-3-1-4-10-19/h1,3-6,9-16,25H,2,7-8,17-18H2. The van der Waals surface area contributed by atoms with Gasteiger partial charge in [-0.2, -0.15) is 0 Å². The molecule has 3 aromatic rings. The average molecular weight is 360 g/mol. The van der Waals surface area contributed by atoms with Gasteiger partial charge in [0.15, 0.2) is 0 Å². The highest BCUT2D eigenvalue weighted by molar-refractivity contribution is 5.91. The van der Waals surface area contributed by atoms with Crippen LogP contribution in [0.25, 0.3) is 22.3 Å². The molecule has 27 heavy (non-hydrogen) atoms. The van der Waals surface area contributed by atoms with Crippen LogP contribution in [-0.2, 0) is 4.74 Å². The van der Waals surface area contributed by atoms with Crippen LogP contribution in [0.1, 0.15) is 29.6 Å². The number of hydrogen-bond donors (Lipinski definition) is 1. The number of benzene rings is 3. The summed E-state index contributed by atoms with van der Waals surface area (Å²) < 4.78 is 5.29. The van der Waals surface area contributed by atoms with Crippen LogP contribution >= 0.6 is 0 Å². The van der Waals surface area contributed by atoms with E-state index in [1.54, 1.807) is 0 Å². The van der Waals surface area contributed by atoms with Crippen molar-refractivity contribution in [3.05, 3.63) is 84.4 Å². The predicted molar refractivity (Wildman–Crippen MR) is 109 cm³/mol. The van der Waals surface area contributed by atoms with Crippen molar-refractivity contribution in [2.75, 3.05) is 13.2 Å². The molecule has 0 saturated heterocycles. The Morgan fingerprint density at radius 3 is 1.93 bits per heavy atom. The average Bonchev–Trinajstić information content (AvgIpc) is 2.74. The SMILES string of the molecule is O=C(OCCCCCO)c1ccc(-c2ccccc2-c2ccccc2)cc1. The van der Waals surface area contributed by atoms with Crippen molar-refractivity contribution in [2.24, 2.45) is 0 Å². The number of esters is 1. The quantitative estimate of drug-likeness (QED) is 0.436. The van der Waals surface area contributed by atoms with Crippen molar-refractivity contribution >= 4 is 5.97 Å². The smallest absolute Gasteiger partial charge is 0.338 e. The number of hydrogen-bond acceptors (Lipinski definition) is 3. The summed E-state index contributed by atoms with van der Waals surface area (Å²) in [7, 11) is 0. The van der Waals surface area contributed by atoms with E-state index >= 15 is 0 Å². The molecule has 0 spiro atoms. The maximum atomic E-state index is 12.1. The second kappa shape index (κ2) is 9.70. The van der Waals surface area contributed by atoms with Gasteiger partial charge in [0, 0.05) is 6.61 Å². The molecule has 0 amide bonds. The number of rotatable bonds is 8. The summed E-state index contributed by atoms with van der Waals surface area (Å²) in [5, 5.41) is 8.76. The molecule has 0 aliphatic rings. The summed E-state index contributed by atoms with van der Waals surface area (Å²) in [6.07, 6.45) is 2.38. The van der Waals surface area contributed by atoms with E-state index in [4.69, 9.17) is 9.84 Å². The third kappa shape index (κ3) is 5.05. The Labute approximate surface area is 160 Å². The molecule has 3 nitrogen and oxygen atoms in total. The zero-order chi connectivity index (χ0) is 18.9. The van der Waals surface area contributed by atoms with Gasteiger partial charge < -0.3 is 9.84 Å². The minimum atomic E-state index is -0.304. The first-order chi connectivity index (χ1) is 13.3. The number of carbonyl (C=O) groups excluding carboxylic acids is 1. The first-order valence-corrected chi connectivity index (χ1v) is 9.32. The topological polar surface area (TPSA) is 46.5 Å². The first-order valence-electron chi connectivity index (χ1n) is 9.32. The van der Waals surface area contributed by atoms with Crippen LogP contribution in [0, 0.1) is 0 Å². The Morgan fingerprint density at radius 1 is 0.704 bits per heavy atom. The molecular weight excluding hydrogens is 336 g/mol. The molecule has 0 saturated carbocycles. The molecule has 3 rings (SSSR count). The summed E-state index contributed by atoms with van der Waals surface area (Å²) in [5.74, 6) is -0.304. The maximum Gasteiger partial charge on any atom is 0.338 e. The van der Waals surface area contributed by atoms with Gasteiger partial charge in [0.2, 0.25) is 0 Å². The molecule has 0 aliphatic heterocycles. The van der Waals surface area contributed by atoms with Gasteiger partial charge in [-0.05, 0) is 53.6 Å². The van der Waals surface area contributed by atoms with Gasteiger partial charge in [-0.25, -0.2) is 4.79 Å². The number of ether oxygens (including phenoxy) is 1. The lowest BCUT2D eigenvalue weighted by Crippen LogP contribution is -2.06. The third-order valence-electron chi connectivity index (χ3n) is 4.48. The molecule has 3 heteroatoms. The van der Waals surface area contributed by atoms with E-state index in [0.717, 1.165) is 36.0 Å². The van der Waals surface area contributed by atoms with E-state index in [2.05, 4.69) is 24.3 Å². The van der Waals surface area contributed by atoms with Gasteiger partial charge in [-0.3, -0.25) is 0 Å². The maximum absolute atomic E-state index is 12.1. The van der Waals surface area contributed by atoms with Gasteiger partial charge in [-0.1, -0.05) is 66.7 Å². The summed E-state index contributed by atoms with van der Waals surface area (Å²) in [6.45, 7) is 0.567. The zero-order valence-corrected chi connectivity index (χ0v) is 15.3. The van der Waals surface area contributed by atoms with Crippen molar-refractivity contribution in [3.8, 4) is 22.3 Å². The van der Waals surface area contributed by atoms with Gasteiger partial charge in [0.25, 0.3) is 0 Å². The lowest BCUT2D eigenvalue weighted by Gasteiger charge is -2.11. The summed E-state index contributed by atoms with van der Waals surface area (Å²) >= 11 is 0. The second-order valence-electron chi connectivity index (χ2n) is 6.41. The van der Waals surface area contributed by atoms with Crippen molar-refractivity contribution in [1.82, 2.24) is 0 Å². The van der Waals surface area contributed by atoms with Crippen molar-refractivity contribution in [1.29, 1.82) is 0 Å². The van der Waals surface area contributed by atoms with Gasteiger partial charge in [-0.15, -0.1) is 0 Å². The second-order valence-corrected chi connectivity index (χ2v) is 6.41. The van der Waals surface area contributed by atoms with Crippen molar-refractivity contribution in [2.45, 2.75) is 19.3 Å². The molecule has 0 aromatic heterocycles. The van der Waals surface area contributed by atoms with Crippen LogP contribution in [0.4, 0.5) is 0 Å². The van der Waals surface area contributed by atoms with Crippen molar-refractivity contribution in [3.63, 3.8) is 0 Å². The van der Waals surface area contributed by atoms with Crippen LogP contribution in [0.3, 0.4) is 0 Å². The molecule has 0 unspecified atom stereocenters. The molecule has 0 bridgehead atoms. The van der Waals surface area contributed by atoms with E-state index in [1.807, 2.05) is 54.6 Å². The van der Waals surface area contributed by atoms with Crippen LogP contribution in [0.2, 0.25) is 0 Å². The predicted octanol–water partition coefficient (Wildman–Crippen LogP) is 5.34. The van der Waals surface area contributed by atoms with Crippen LogP contribution in [0.5, 0.6) is 0 Å². The highest BCUT2D eigenvalue weighted by Gasteiger charge is 2.10. The van der Waals surface area contributed by atoms with Gasteiger partial charge in [0.1, 0.15) is 0 Å². The molecule has 0 atom stereocenters. The van der Waals surface area contributed by atoms with E-state index in [-0.39, 0.29) is 12.6 Å². The summed E-state index contributed by atoms with van der Waals surface area (Å²) in [4.78, 5) is 12.1. The number of unbranched alkanes of at least 4 members (excludes halogenated alkanes) is 2. The molecule has 3 aromatic carbocycles. The number of aliphatic hydroxyl groups is 1. The molecule has 0 fully saturated rings. The number of carbonyl (C=O) groups is 1. The van der Waals surface area contributed by atoms with Crippen LogP contribution < -0.4 is 0 Å². The fourth-order valence-electron chi connectivity index (χ4n) is 3.03. The van der Waals surface area contributed by atoms with E-state index in [0.29, 0.717) is 12.2 Å². The minimum absolute atomic E-state index is 0.180. The molecule has 0 aliphatic carbocycles. The third-order valence-corrected chi connectivity index (χ3v) is 4.48. The number of aliphatic hydroxyl groups excluding tert-OH is 1. The molecule has 1 N–H and O–H groups in total.